The first-order valence-electron chi connectivity index (χ1n) is 5.15. The molecule has 0 atom stereocenters. The van der Waals surface area contributed by atoms with Crippen molar-refractivity contribution in [3.05, 3.63) is 22.9 Å². The fraction of sp³-hybridized carbons (Fsp3) is 0.455. The van der Waals surface area contributed by atoms with E-state index in [2.05, 4.69) is 4.98 Å². The lowest BCUT2D eigenvalue weighted by Crippen LogP contribution is -2.11. The van der Waals surface area contributed by atoms with E-state index in [1.807, 2.05) is 0 Å². The number of aromatic nitrogens is 1. The van der Waals surface area contributed by atoms with Crippen LogP contribution in [-0.2, 0) is 16.0 Å². The highest BCUT2D eigenvalue weighted by Crippen LogP contribution is 2.26. The smallest absolute Gasteiger partial charge is 0.311 e. The molecule has 0 radical (unpaired) electrons. The highest BCUT2D eigenvalue weighted by atomic mass is 19.3. The molecule has 0 amide bonds. The van der Waals surface area contributed by atoms with Crippen molar-refractivity contribution in [2.24, 2.45) is 0 Å². The SMILES string of the molecule is CCOC(=O)Cc1cc(C(F)F)c(C)c(N)n1. The van der Waals surface area contributed by atoms with Gasteiger partial charge in [0, 0.05) is 11.1 Å². The van der Waals surface area contributed by atoms with Gasteiger partial charge in [-0.05, 0) is 19.9 Å². The van der Waals surface area contributed by atoms with Gasteiger partial charge in [0.15, 0.2) is 0 Å². The van der Waals surface area contributed by atoms with Gasteiger partial charge in [0.1, 0.15) is 5.82 Å². The molecule has 0 aliphatic carbocycles. The van der Waals surface area contributed by atoms with Gasteiger partial charge in [-0.2, -0.15) is 0 Å². The Morgan fingerprint density at radius 2 is 2.24 bits per heavy atom. The number of ether oxygens (including phenoxy) is 1. The molecule has 0 unspecified atom stereocenters. The van der Waals surface area contributed by atoms with Crippen molar-refractivity contribution < 1.29 is 18.3 Å². The first-order valence-corrected chi connectivity index (χ1v) is 5.15. The van der Waals surface area contributed by atoms with Gasteiger partial charge in [0.05, 0.1) is 18.7 Å². The van der Waals surface area contributed by atoms with E-state index in [0.717, 1.165) is 0 Å². The largest absolute Gasteiger partial charge is 0.466 e. The maximum absolute atomic E-state index is 12.7. The summed E-state index contributed by atoms with van der Waals surface area (Å²) in [5.41, 5.74) is 5.75. The quantitative estimate of drug-likeness (QED) is 0.823. The number of hydrogen-bond donors (Lipinski definition) is 1. The molecule has 17 heavy (non-hydrogen) atoms. The summed E-state index contributed by atoms with van der Waals surface area (Å²) in [6, 6.07) is 1.19. The van der Waals surface area contributed by atoms with Crippen LogP contribution in [0.3, 0.4) is 0 Å². The summed E-state index contributed by atoms with van der Waals surface area (Å²) in [4.78, 5) is 15.1. The predicted octanol–water partition coefficient (Wildman–Crippen LogP) is 2.02. The second-order valence-electron chi connectivity index (χ2n) is 3.50. The highest BCUT2D eigenvalue weighted by Gasteiger charge is 2.16. The first-order chi connectivity index (χ1) is 7.95. The van der Waals surface area contributed by atoms with Gasteiger partial charge in [-0.3, -0.25) is 4.79 Å². The minimum absolute atomic E-state index is 0.0158. The Kier molecular flexibility index (Phi) is 4.37. The molecule has 0 aliphatic rings. The van der Waals surface area contributed by atoms with Crippen LogP contribution in [0.2, 0.25) is 0 Å². The Hall–Kier alpha value is -1.72. The Bertz CT molecular complexity index is 422. The number of nitrogen functional groups attached to an aromatic ring is 1. The molecule has 94 valence electrons. The highest BCUT2D eigenvalue weighted by molar-refractivity contribution is 5.72. The summed E-state index contributed by atoms with van der Waals surface area (Å²) >= 11 is 0. The molecular weight excluding hydrogens is 230 g/mol. The van der Waals surface area contributed by atoms with Crippen LogP contribution in [0.15, 0.2) is 6.07 Å². The molecule has 0 aliphatic heterocycles. The van der Waals surface area contributed by atoms with Crippen LogP contribution < -0.4 is 5.73 Å². The Morgan fingerprint density at radius 1 is 1.59 bits per heavy atom. The Labute approximate surface area is 97.8 Å². The number of carbonyl (C=O) groups is 1. The van der Waals surface area contributed by atoms with Crippen LogP contribution in [0.5, 0.6) is 0 Å². The third-order valence-corrected chi connectivity index (χ3v) is 2.27. The molecule has 0 saturated heterocycles. The zero-order valence-electron chi connectivity index (χ0n) is 9.67. The third-order valence-electron chi connectivity index (χ3n) is 2.27. The number of hydrogen-bond acceptors (Lipinski definition) is 4. The minimum Gasteiger partial charge on any atom is -0.466 e. The monoisotopic (exact) mass is 244 g/mol. The van der Waals surface area contributed by atoms with Crippen LogP contribution in [0.4, 0.5) is 14.6 Å². The predicted molar refractivity (Wildman–Crippen MR) is 58.7 cm³/mol. The van der Waals surface area contributed by atoms with Crippen molar-refractivity contribution in [1.82, 2.24) is 4.98 Å². The van der Waals surface area contributed by atoms with Gasteiger partial charge in [0.25, 0.3) is 6.43 Å². The van der Waals surface area contributed by atoms with Gasteiger partial charge < -0.3 is 10.5 Å². The lowest BCUT2D eigenvalue weighted by Gasteiger charge is -2.10. The normalized spacial score (nSPS) is 10.6. The van der Waals surface area contributed by atoms with E-state index >= 15 is 0 Å². The van der Waals surface area contributed by atoms with Crippen molar-refractivity contribution in [2.75, 3.05) is 12.3 Å². The van der Waals surface area contributed by atoms with Crippen molar-refractivity contribution in [2.45, 2.75) is 26.7 Å². The van der Waals surface area contributed by atoms with Crippen LogP contribution in [0.1, 0.15) is 30.2 Å². The summed E-state index contributed by atoms with van der Waals surface area (Å²) in [5, 5.41) is 0. The first kappa shape index (κ1) is 13.3. The summed E-state index contributed by atoms with van der Waals surface area (Å²) in [6.45, 7) is 3.37. The number of halogens is 2. The van der Waals surface area contributed by atoms with Crippen LogP contribution >= 0.6 is 0 Å². The Morgan fingerprint density at radius 3 is 2.76 bits per heavy atom. The summed E-state index contributed by atoms with van der Waals surface area (Å²) in [7, 11) is 0. The number of carbonyl (C=O) groups excluding carboxylic acids is 1. The molecule has 0 spiro atoms. The number of nitrogens with two attached hydrogens (primary N) is 1. The second kappa shape index (κ2) is 5.56. The van der Waals surface area contributed by atoms with Gasteiger partial charge in [-0.25, -0.2) is 13.8 Å². The number of pyridine rings is 1. The van der Waals surface area contributed by atoms with E-state index < -0.39 is 12.4 Å². The van der Waals surface area contributed by atoms with Crippen molar-refractivity contribution in [3.63, 3.8) is 0 Å². The zero-order valence-corrected chi connectivity index (χ0v) is 9.67. The van der Waals surface area contributed by atoms with Crippen molar-refractivity contribution >= 4 is 11.8 Å². The minimum atomic E-state index is -2.64. The molecule has 2 N–H and O–H groups in total. The van der Waals surface area contributed by atoms with E-state index in [1.165, 1.54) is 13.0 Å². The van der Waals surface area contributed by atoms with Gasteiger partial charge in [-0.15, -0.1) is 0 Å². The van der Waals surface area contributed by atoms with E-state index in [0.29, 0.717) is 0 Å². The van der Waals surface area contributed by atoms with Gasteiger partial charge in [-0.1, -0.05) is 0 Å². The molecule has 1 aromatic rings. The second-order valence-corrected chi connectivity index (χ2v) is 3.50. The van der Waals surface area contributed by atoms with E-state index in [-0.39, 0.29) is 35.7 Å². The van der Waals surface area contributed by atoms with Gasteiger partial charge >= 0.3 is 5.97 Å². The molecule has 1 rings (SSSR count). The fourth-order valence-corrected chi connectivity index (χ4v) is 1.38. The number of nitrogens with zero attached hydrogens (tertiary/aromatic N) is 1. The summed E-state index contributed by atoms with van der Waals surface area (Å²) < 4.78 is 30.1. The Balaban J connectivity index is 2.98. The summed E-state index contributed by atoms with van der Waals surface area (Å²) in [6.07, 6.45) is -2.79. The molecule has 1 heterocycles. The average Bonchev–Trinajstić information content (AvgIpc) is 2.23. The number of alkyl halides is 2. The maximum Gasteiger partial charge on any atom is 0.311 e. The molecule has 0 bridgehead atoms. The van der Waals surface area contributed by atoms with Crippen LogP contribution in [0.25, 0.3) is 0 Å². The standard InChI is InChI=1S/C11H14F2N2O2/c1-3-17-9(16)5-7-4-8(10(12)13)6(2)11(14)15-7/h4,10H,3,5H2,1-2H3,(H2,14,15). The van der Waals surface area contributed by atoms with E-state index in [1.54, 1.807) is 6.92 Å². The zero-order chi connectivity index (χ0) is 13.0. The third kappa shape index (κ3) is 3.37. The van der Waals surface area contributed by atoms with Crippen LogP contribution in [-0.4, -0.2) is 17.6 Å². The average molecular weight is 244 g/mol. The van der Waals surface area contributed by atoms with Crippen LogP contribution in [0, 0.1) is 6.92 Å². The molecule has 0 fully saturated rings. The molecular formula is C11H14F2N2O2. The van der Waals surface area contributed by atoms with Gasteiger partial charge in [0.2, 0.25) is 0 Å². The van der Waals surface area contributed by atoms with E-state index in [9.17, 15) is 13.6 Å². The number of esters is 1. The topological polar surface area (TPSA) is 65.2 Å². The molecule has 0 saturated carbocycles. The lowest BCUT2D eigenvalue weighted by atomic mass is 10.1. The van der Waals surface area contributed by atoms with E-state index in [4.69, 9.17) is 10.5 Å². The molecule has 1 aromatic heterocycles. The van der Waals surface area contributed by atoms with Crippen molar-refractivity contribution in [1.29, 1.82) is 0 Å². The number of rotatable bonds is 4. The molecule has 6 heteroatoms. The lowest BCUT2D eigenvalue weighted by molar-refractivity contribution is -0.142. The molecule has 4 nitrogen and oxygen atoms in total. The maximum atomic E-state index is 12.7. The fourth-order valence-electron chi connectivity index (χ4n) is 1.38. The number of anilines is 1. The van der Waals surface area contributed by atoms with Crippen molar-refractivity contribution in [3.8, 4) is 0 Å². The summed E-state index contributed by atoms with van der Waals surface area (Å²) in [5.74, 6) is -0.495. The molecule has 0 aromatic carbocycles.